The molecule has 0 saturated carbocycles. The minimum absolute atomic E-state index is 0.940. The normalized spacial score (nSPS) is 13.9. The van der Waals surface area contributed by atoms with Crippen molar-refractivity contribution < 1.29 is 4.42 Å². The maximum Gasteiger partial charge on any atom is 0.142 e. The predicted molar refractivity (Wildman–Crippen MR) is 189 cm³/mol. The van der Waals surface area contributed by atoms with Crippen LogP contribution in [0, 0.1) is 0 Å². The van der Waals surface area contributed by atoms with E-state index in [1.165, 1.54) is 76.9 Å². The number of allylic oxidation sites excluding steroid dienone is 4. The molecule has 0 amide bonds. The minimum atomic E-state index is 0.940. The van der Waals surface area contributed by atoms with Gasteiger partial charge in [0.1, 0.15) is 11.2 Å². The first-order valence-corrected chi connectivity index (χ1v) is 15.7. The van der Waals surface area contributed by atoms with Crippen molar-refractivity contribution >= 4 is 76.8 Å². The van der Waals surface area contributed by atoms with Crippen LogP contribution in [-0.4, -0.2) is 9.13 Å². The second-order valence-electron chi connectivity index (χ2n) is 12.1. The van der Waals surface area contributed by atoms with Gasteiger partial charge in [0.25, 0.3) is 0 Å². The van der Waals surface area contributed by atoms with Crippen LogP contribution in [0.4, 0.5) is 0 Å². The number of rotatable bonds is 3. The van der Waals surface area contributed by atoms with E-state index in [-0.39, 0.29) is 0 Å². The van der Waals surface area contributed by atoms with E-state index >= 15 is 0 Å². The second-order valence-corrected chi connectivity index (χ2v) is 12.1. The van der Waals surface area contributed by atoms with Crippen molar-refractivity contribution in [1.82, 2.24) is 9.13 Å². The molecule has 3 nitrogen and oxygen atoms in total. The molecule has 6 aromatic carbocycles. The smallest absolute Gasteiger partial charge is 0.142 e. The number of benzene rings is 6. The zero-order valence-electron chi connectivity index (χ0n) is 24.6. The topological polar surface area (TPSA) is 23.0 Å². The summed E-state index contributed by atoms with van der Waals surface area (Å²) >= 11 is 0. The average Bonchev–Trinajstić information content (AvgIpc) is 3.75. The molecule has 1 aliphatic carbocycles. The summed E-state index contributed by atoms with van der Waals surface area (Å²) in [5.41, 5.74) is 11.9. The Kier molecular flexibility index (Phi) is 5.11. The monoisotopic (exact) mass is 576 g/mol. The number of hydrogen-bond acceptors (Lipinski definition) is 1. The van der Waals surface area contributed by atoms with Crippen LogP contribution in [-0.2, 0) is 0 Å². The second kappa shape index (κ2) is 9.35. The molecule has 10 rings (SSSR count). The first-order chi connectivity index (χ1) is 22.3. The quantitative estimate of drug-likeness (QED) is 0.205. The summed E-state index contributed by atoms with van der Waals surface area (Å²) in [5, 5.41) is 7.49. The summed E-state index contributed by atoms with van der Waals surface area (Å²) in [7, 11) is 0. The van der Waals surface area contributed by atoms with Gasteiger partial charge in [0.15, 0.2) is 0 Å². The summed E-state index contributed by atoms with van der Waals surface area (Å²) < 4.78 is 11.3. The molecular formula is C42H28N2O. The molecule has 9 aromatic rings. The van der Waals surface area contributed by atoms with Crippen LogP contribution < -0.4 is 0 Å². The average molecular weight is 577 g/mol. The molecule has 0 unspecified atom stereocenters. The van der Waals surface area contributed by atoms with Gasteiger partial charge in [-0.15, -0.1) is 0 Å². The van der Waals surface area contributed by atoms with Crippen LogP contribution in [0.1, 0.15) is 18.4 Å². The van der Waals surface area contributed by atoms with Crippen LogP contribution in [0.25, 0.3) is 82.5 Å². The van der Waals surface area contributed by atoms with Crippen molar-refractivity contribution in [1.29, 1.82) is 0 Å². The van der Waals surface area contributed by atoms with Gasteiger partial charge in [0, 0.05) is 49.3 Å². The fourth-order valence-electron chi connectivity index (χ4n) is 7.63. The van der Waals surface area contributed by atoms with Crippen LogP contribution in [0.2, 0.25) is 0 Å². The molecule has 0 radical (unpaired) electrons. The van der Waals surface area contributed by atoms with Crippen molar-refractivity contribution in [3.05, 3.63) is 151 Å². The van der Waals surface area contributed by atoms with Crippen molar-refractivity contribution in [2.45, 2.75) is 12.8 Å². The summed E-state index contributed by atoms with van der Waals surface area (Å²) in [6.45, 7) is 0. The molecule has 3 heteroatoms. The zero-order valence-corrected chi connectivity index (χ0v) is 24.6. The van der Waals surface area contributed by atoms with Crippen LogP contribution in [0.5, 0.6) is 0 Å². The Morgan fingerprint density at radius 3 is 1.84 bits per heavy atom. The van der Waals surface area contributed by atoms with Crippen molar-refractivity contribution in [2.24, 2.45) is 0 Å². The fraction of sp³-hybridized carbons (Fsp3) is 0.0476. The zero-order chi connectivity index (χ0) is 29.5. The molecule has 0 atom stereocenters. The summed E-state index contributed by atoms with van der Waals surface area (Å²) in [6.07, 6.45) is 6.52. The highest BCUT2D eigenvalue weighted by atomic mass is 16.3. The molecule has 45 heavy (non-hydrogen) atoms. The fourth-order valence-corrected chi connectivity index (χ4v) is 7.63. The number of fused-ring (bicyclic) bond motifs is 9. The first kappa shape index (κ1) is 24.6. The number of aromatic nitrogens is 2. The molecule has 3 aromatic heterocycles. The minimum Gasteiger partial charge on any atom is -0.455 e. The van der Waals surface area contributed by atoms with Gasteiger partial charge in [-0.25, -0.2) is 0 Å². The number of nitrogens with zero attached hydrogens (tertiary/aromatic N) is 2. The highest BCUT2D eigenvalue weighted by Gasteiger charge is 2.21. The molecule has 0 bridgehead atoms. The van der Waals surface area contributed by atoms with E-state index < -0.39 is 0 Å². The molecule has 0 N–H and O–H groups in total. The molecule has 0 spiro atoms. The highest BCUT2D eigenvalue weighted by Crippen LogP contribution is 2.42. The lowest BCUT2D eigenvalue weighted by molar-refractivity contribution is 0.667. The van der Waals surface area contributed by atoms with Gasteiger partial charge in [-0.2, -0.15) is 0 Å². The Bertz CT molecular complexity index is 2700. The third-order valence-electron chi connectivity index (χ3n) is 9.65. The van der Waals surface area contributed by atoms with E-state index in [1.807, 2.05) is 6.07 Å². The van der Waals surface area contributed by atoms with Gasteiger partial charge in [-0.3, -0.25) is 0 Å². The van der Waals surface area contributed by atoms with Gasteiger partial charge in [-0.1, -0.05) is 97.1 Å². The van der Waals surface area contributed by atoms with E-state index in [2.05, 4.69) is 149 Å². The summed E-state index contributed by atoms with van der Waals surface area (Å²) in [5.74, 6) is 0. The molecule has 3 heterocycles. The first-order valence-electron chi connectivity index (χ1n) is 15.7. The van der Waals surface area contributed by atoms with Gasteiger partial charge in [0.2, 0.25) is 0 Å². The van der Waals surface area contributed by atoms with Crippen LogP contribution in [0.15, 0.2) is 150 Å². The van der Waals surface area contributed by atoms with Crippen LogP contribution in [0.3, 0.4) is 0 Å². The van der Waals surface area contributed by atoms with E-state index in [9.17, 15) is 0 Å². The van der Waals surface area contributed by atoms with E-state index in [0.29, 0.717) is 0 Å². The molecule has 0 fully saturated rings. The van der Waals surface area contributed by atoms with E-state index in [1.54, 1.807) is 0 Å². The standard InChI is InChI=1S/C42H28N2O/c1-2-11-28(12-3-1)43-37-18-7-4-13-31(37)35-25-36-32-14-5-8-19-38(32)44(40(36)26-39(35)43)29-23-21-27(22-24-29)30-16-10-17-34-33-15-6-9-20-41(33)45-42(30)34/h1-21,23,25-26H,22,24H2. The van der Waals surface area contributed by atoms with Gasteiger partial charge in [-0.05, 0) is 67.0 Å². The molecule has 0 aliphatic heterocycles. The Hall–Kier alpha value is -5.80. The van der Waals surface area contributed by atoms with E-state index in [4.69, 9.17) is 4.42 Å². The summed E-state index contributed by atoms with van der Waals surface area (Å²) in [4.78, 5) is 0. The summed E-state index contributed by atoms with van der Waals surface area (Å²) in [6, 6.07) is 48.0. The maximum absolute atomic E-state index is 6.40. The third kappa shape index (κ3) is 3.52. The Labute approximate surface area is 259 Å². The molecular weight excluding hydrogens is 548 g/mol. The van der Waals surface area contributed by atoms with Crippen molar-refractivity contribution in [2.75, 3.05) is 0 Å². The van der Waals surface area contributed by atoms with Crippen molar-refractivity contribution in [3.8, 4) is 5.69 Å². The Morgan fingerprint density at radius 2 is 1.09 bits per heavy atom. The lowest BCUT2D eigenvalue weighted by atomic mass is 9.94. The van der Waals surface area contributed by atoms with Gasteiger partial charge < -0.3 is 13.6 Å². The van der Waals surface area contributed by atoms with Crippen LogP contribution >= 0.6 is 0 Å². The lowest BCUT2D eigenvalue weighted by Crippen LogP contribution is -2.01. The number of para-hydroxylation sites is 5. The highest BCUT2D eigenvalue weighted by molar-refractivity contribution is 6.19. The Balaban J connectivity index is 1.20. The largest absolute Gasteiger partial charge is 0.455 e. The Morgan fingerprint density at radius 1 is 0.444 bits per heavy atom. The molecule has 0 saturated heterocycles. The van der Waals surface area contributed by atoms with Gasteiger partial charge in [0.05, 0.1) is 22.1 Å². The van der Waals surface area contributed by atoms with Gasteiger partial charge >= 0.3 is 0 Å². The number of hydrogen-bond donors (Lipinski definition) is 0. The van der Waals surface area contributed by atoms with E-state index in [0.717, 1.165) is 24.0 Å². The SMILES string of the molecule is C1=C(c2cccc3c2oc2ccccc23)CCC(n2c3ccccc3c3cc4c5ccccc5n(-c5ccccc5)c4cc32)=C1. The number of furan rings is 1. The van der Waals surface area contributed by atoms with Crippen molar-refractivity contribution in [3.63, 3.8) is 0 Å². The lowest BCUT2D eigenvalue weighted by Gasteiger charge is -2.18. The molecule has 212 valence electrons. The predicted octanol–water partition coefficient (Wildman–Crippen LogP) is 11.5. The maximum atomic E-state index is 6.40. The molecule has 1 aliphatic rings. The third-order valence-corrected chi connectivity index (χ3v) is 9.65.